The molecule has 4 aromatic heterocycles. The first-order valence-electron chi connectivity index (χ1n) is 9.01. The fourth-order valence-corrected chi connectivity index (χ4v) is 4.21. The lowest BCUT2D eigenvalue weighted by Crippen LogP contribution is -2.06. The Morgan fingerprint density at radius 2 is 1.86 bits per heavy atom. The summed E-state index contributed by atoms with van der Waals surface area (Å²) in [6.07, 6.45) is 4.89. The topological polar surface area (TPSA) is 71.8 Å². The number of H-pyrrole nitrogens is 1. The molecule has 0 aliphatic heterocycles. The van der Waals surface area contributed by atoms with Crippen LogP contribution in [0, 0.1) is 0 Å². The van der Waals surface area contributed by atoms with Gasteiger partial charge in [0.2, 0.25) is 5.56 Å². The molecule has 0 bridgehead atoms. The van der Waals surface area contributed by atoms with Crippen LogP contribution in [0.2, 0.25) is 0 Å². The number of hydrogen-bond donors (Lipinski definition) is 1. The number of aromatic amines is 1. The van der Waals surface area contributed by atoms with Crippen LogP contribution in [-0.2, 0) is 0 Å². The molecule has 0 spiro atoms. The number of oxazole rings is 1. The summed E-state index contributed by atoms with van der Waals surface area (Å²) in [5.74, 6) is 0.739. The maximum atomic E-state index is 12.1. The molecule has 140 valence electrons. The van der Waals surface area contributed by atoms with E-state index >= 15 is 0 Å². The van der Waals surface area contributed by atoms with Crippen molar-refractivity contribution in [1.82, 2.24) is 15.0 Å². The number of aromatic nitrogens is 3. The van der Waals surface area contributed by atoms with Gasteiger partial charge in [0.25, 0.3) is 0 Å². The highest BCUT2D eigenvalue weighted by Crippen LogP contribution is 2.38. The Morgan fingerprint density at radius 1 is 0.931 bits per heavy atom. The van der Waals surface area contributed by atoms with E-state index in [-0.39, 0.29) is 5.56 Å². The Hall–Kier alpha value is -3.77. The van der Waals surface area contributed by atoms with Gasteiger partial charge < -0.3 is 9.40 Å². The van der Waals surface area contributed by atoms with Crippen molar-refractivity contribution in [2.45, 2.75) is 0 Å². The molecule has 0 aliphatic carbocycles. The van der Waals surface area contributed by atoms with E-state index in [1.807, 2.05) is 47.8 Å². The summed E-state index contributed by atoms with van der Waals surface area (Å²) in [5, 5.41) is 2.03. The van der Waals surface area contributed by atoms with Crippen molar-refractivity contribution >= 4 is 11.3 Å². The summed E-state index contributed by atoms with van der Waals surface area (Å²) in [7, 11) is 0. The summed E-state index contributed by atoms with van der Waals surface area (Å²) in [4.78, 5) is 24.6. The van der Waals surface area contributed by atoms with Gasteiger partial charge in [0.15, 0.2) is 12.2 Å². The summed E-state index contributed by atoms with van der Waals surface area (Å²) in [6.45, 7) is 0. The number of nitrogens with one attached hydrogen (secondary N) is 1. The van der Waals surface area contributed by atoms with Crippen LogP contribution < -0.4 is 5.56 Å². The minimum atomic E-state index is -0.150. The highest BCUT2D eigenvalue weighted by Gasteiger charge is 2.14. The zero-order valence-electron chi connectivity index (χ0n) is 15.2. The fraction of sp³-hybridized carbons (Fsp3) is 0. The lowest BCUT2D eigenvalue weighted by atomic mass is 9.98. The summed E-state index contributed by atoms with van der Waals surface area (Å²) in [5.41, 5.74) is 5.29. The predicted octanol–water partition coefficient (Wildman–Crippen LogP) is 5.49. The molecule has 6 heteroatoms. The van der Waals surface area contributed by atoms with Crippen molar-refractivity contribution in [3.63, 3.8) is 0 Å². The van der Waals surface area contributed by atoms with Gasteiger partial charge in [0, 0.05) is 23.4 Å². The molecule has 29 heavy (non-hydrogen) atoms. The van der Waals surface area contributed by atoms with Crippen LogP contribution in [0.25, 0.3) is 44.3 Å². The minimum absolute atomic E-state index is 0.150. The standard InChI is InChI=1S/C23H15N3O2S/c27-21-8-7-18(19-6-1-2-10-25-19)22(26-21)16-5-3-4-15(12-16)17-9-11-29-23(17)20-13-24-14-28-20/h1-14H,(H,26,27). The molecule has 0 radical (unpaired) electrons. The van der Waals surface area contributed by atoms with E-state index in [4.69, 9.17) is 4.42 Å². The summed E-state index contributed by atoms with van der Waals surface area (Å²) < 4.78 is 5.49. The van der Waals surface area contributed by atoms with E-state index in [9.17, 15) is 4.79 Å². The lowest BCUT2D eigenvalue weighted by Gasteiger charge is -2.11. The molecule has 0 fully saturated rings. The maximum Gasteiger partial charge on any atom is 0.248 e. The normalized spacial score (nSPS) is 10.9. The second-order valence-electron chi connectivity index (χ2n) is 6.44. The SMILES string of the molecule is O=c1ccc(-c2ccccn2)c(-c2cccc(-c3ccsc3-c3cnco3)c2)[nH]1. The minimum Gasteiger partial charge on any atom is -0.443 e. The van der Waals surface area contributed by atoms with Crippen molar-refractivity contribution < 1.29 is 4.42 Å². The highest BCUT2D eigenvalue weighted by molar-refractivity contribution is 7.14. The molecule has 5 aromatic rings. The number of hydrogen-bond acceptors (Lipinski definition) is 5. The van der Waals surface area contributed by atoms with Gasteiger partial charge in [-0.2, -0.15) is 0 Å². The van der Waals surface area contributed by atoms with Crippen molar-refractivity contribution in [2.75, 3.05) is 0 Å². The first-order chi connectivity index (χ1) is 14.3. The molecule has 0 atom stereocenters. The number of nitrogens with zero attached hydrogens (tertiary/aromatic N) is 2. The third-order valence-electron chi connectivity index (χ3n) is 4.64. The Kier molecular flexibility index (Phi) is 4.38. The van der Waals surface area contributed by atoms with Gasteiger partial charge in [-0.15, -0.1) is 11.3 Å². The third-order valence-corrected chi connectivity index (χ3v) is 5.57. The van der Waals surface area contributed by atoms with Gasteiger partial charge in [0.05, 0.1) is 22.5 Å². The van der Waals surface area contributed by atoms with Crippen molar-refractivity contribution in [3.8, 4) is 44.3 Å². The molecular formula is C23H15N3O2S. The Bertz CT molecular complexity index is 1320. The second kappa shape index (κ2) is 7.33. The van der Waals surface area contributed by atoms with Gasteiger partial charge in [-0.25, -0.2) is 4.98 Å². The molecule has 0 saturated carbocycles. The van der Waals surface area contributed by atoms with Crippen LogP contribution in [0.15, 0.2) is 94.0 Å². The van der Waals surface area contributed by atoms with Gasteiger partial charge in [-0.3, -0.25) is 9.78 Å². The Balaban J connectivity index is 1.65. The van der Waals surface area contributed by atoms with Crippen LogP contribution in [0.1, 0.15) is 0 Å². The van der Waals surface area contributed by atoms with E-state index < -0.39 is 0 Å². The second-order valence-corrected chi connectivity index (χ2v) is 7.35. The first kappa shape index (κ1) is 17.3. The molecule has 1 N–H and O–H groups in total. The van der Waals surface area contributed by atoms with Crippen LogP contribution >= 0.6 is 11.3 Å². The van der Waals surface area contributed by atoms with Crippen LogP contribution in [0.3, 0.4) is 0 Å². The van der Waals surface area contributed by atoms with Gasteiger partial charge >= 0.3 is 0 Å². The van der Waals surface area contributed by atoms with E-state index in [1.165, 1.54) is 12.5 Å². The average Bonchev–Trinajstić information content (AvgIpc) is 3.46. The molecular weight excluding hydrogens is 382 g/mol. The molecule has 5 rings (SSSR count). The van der Waals surface area contributed by atoms with E-state index in [0.717, 1.165) is 44.3 Å². The molecule has 0 aliphatic rings. The molecule has 5 nitrogen and oxygen atoms in total. The first-order valence-corrected chi connectivity index (χ1v) is 9.89. The third kappa shape index (κ3) is 3.30. The summed E-state index contributed by atoms with van der Waals surface area (Å²) >= 11 is 1.60. The number of benzene rings is 1. The number of pyridine rings is 2. The largest absolute Gasteiger partial charge is 0.443 e. The van der Waals surface area contributed by atoms with E-state index in [1.54, 1.807) is 23.7 Å². The number of thiophene rings is 1. The molecule has 0 saturated heterocycles. The van der Waals surface area contributed by atoms with Crippen LogP contribution in [0.4, 0.5) is 0 Å². The van der Waals surface area contributed by atoms with Crippen molar-refractivity contribution in [2.24, 2.45) is 0 Å². The smallest absolute Gasteiger partial charge is 0.248 e. The zero-order chi connectivity index (χ0) is 19.6. The van der Waals surface area contributed by atoms with Crippen molar-refractivity contribution in [1.29, 1.82) is 0 Å². The Morgan fingerprint density at radius 3 is 2.69 bits per heavy atom. The number of rotatable bonds is 4. The van der Waals surface area contributed by atoms with E-state index in [0.29, 0.717) is 0 Å². The molecule has 4 heterocycles. The monoisotopic (exact) mass is 397 g/mol. The maximum absolute atomic E-state index is 12.1. The zero-order valence-corrected chi connectivity index (χ0v) is 16.0. The van der Waals surface area contributed by atoms with Gasteiger partial charge in [0.1, 0.15) is 0 Å². The fourth-order valence-electron chi connectivity index (χ4n) is 3.34. The average molecular weight is 397 g/mol. The highest BCUT2D eigenvalue weighted by atomic mass is 32.1. The molecule has 0 unspecified atom stereocenters. The van der Waals surface area contributed by atoms with E-state index in [2.05, 4.69) is 27.1 Å². The predicted molar refractivity (Wildman–Crippen MR) is 115 cm³/mol. The van der Waals surface area contributed by atoms with Gasteiger partial charge in [-0.05, 0) is 46.8 Å². The van der Waals surface area contributed by atoms with Crippen molar-refractivity contribution in [3.05, 3.63) is 95.2 Å². The van der Waals surface area contributed by atoms with Crippen LogP contribution in [-0.4, -0.2) is 15.0 Å². The summed E-state index contributed by atoms with van der Waals surface area (Å²) in [6, 6.07) is 19.2. The quantitative estimate of drug-likeness (QED) is 0.435. The lowest BCUT2D eigenvalue weighted by molar-refractivity contribution is 0.573. The Labute approximate surface area is 170 Å². The van der Waals surface area contributed by atoms with Crippen LogP contribution in [0.5, 0.6) is 0 Å². The molecule has 1 aromatic carbocycles. The van der Waals surface area contributed by atoms with Gasteiger partial charge in [-0.1, -0.05) is 24.3 Å². The molecule has 0 amide bonds.